The number of hydrogen-bond donors (Lipinski definition) is 1. The molecule has 0 unspecified atom stereocenters. The summed E-state index contributed by atoms with van der Waals surface area (Å²) in [4.78, 5) is 24.0. The number of hydrogen-bond acceptors (Lipinski definition) is 5. The third-order valence-corrected chi connectivity index (χ3v) is 2.88. The quantitative estimate of drug-likeness (QED) is 0.848. The molecule has 5 nitrogen and oxygen atoms in total. The van der Waals surface area contributed by atoms with E-state index >= 15 is 0 Å². The zero-order valence-corrected chi connectivity index (χ0v) is 13.4. The fourth-order valence-corrected chi connectivity index (χ4v) is 1.80. The Morgan fingerprint density at radius 3 is 2.50 bits per heavy atom. The van der Waals surface area contributed by atoms with E-state index in [9.17, 15) is 4.79 Å². The molecular weight excluding hydrogens is 296 g/mol. The molecule has 0 bridgehead atoms. The summed E-state index contributed by atoms with van der Waals surface area (Å²) in [5.41, 5.74) is 0.388. The zero-order chi connectivity index (χ0) is 16.2. The summed E-state index contributed by atoms with van der Waals surface area (Å²) in [6.07, 6.45) is 13.4. The number of rotatable bonds is 5. The fraction of sp³-hybridized carbons (Fsp3) is 0.125. The van der Waals surface area contributed by atoms with E-state index in [0.717, 1.165) is 0 Å². The van der Waals surface area contributed by atoms with E-state index in [0.29, 0.717) is 16.5 Å². The maximum atomic E-state index is 11.9. The van der Waals surface area contributed by atoms with Crippen molar-refractivity contribution in [2.75, 3.05) is 5.32 Å². The molecule has 1 amide bonds. The van der Waals surface area contributed by atoms with Crippen LogP contribution in [0.25, 0.3) is 6.08 Å². The van der Waals surface area contributed by atoms with Crippen LogP contribution in [0.3, 0.4) is 0 Å². The van der Waals surface area contributed by atoms with Crippen LogP contribution in [-0.4, -0.2) is 20.9 Å². The lowest BCUT2D eigenvalue weighted by Crippen LogP contribution is -2.12. The van der Waals surface area contributed by atoms with E-state index < -0.39 is 0 Å². The topological polar surface area (TPSA) is 67.8 Å². The highest BCUT2D eigenvalue weighted by Crippen LogP contribution is 2.11. The van der Waals surface area contributed by atoms with E-state index in [-0.39, 0.29) is 5.91 Å². The number of nitrogens with zero attached hydrogens (tertiary/aromatic N) is 3. The molecule has 1 N–H and O–H groups in total. The van der Waals surface area contributed by atoms with Crippen LogP contribution in [-0.2, 0) is 0 Å². The molecule has 0 aliphatic rings. The molecule has 0 aliphatic heterocycles. The third-order valence-electron chi connectivity index (χ3n) is 2.19. The molecule has 6 heteroatoms. The minimum atomic E-state index is -0.276. The van der Waals surface area contributed by atoms with Crippen molar-refractivity contribution in [1.29, 1.82) is 0 Å². The molecule has 2 aromatic heterocycles. The molecule has 22 heavy (non-hydrogen) atoms. The number of anilines is 1. The van der Waals surface area contributed by atoms with E-state index in [2.05, 4.69) is 26.8 Å². The Hall–Kier alpha value is -2.60. The second-order valence-electron chi connectivity index (χ2n) is 3.60. The van der Waals surface area contributed by atoms with Crippen LogP contribution in [0.2, 0.25) is 0 Å². The highest BCUT2D eigenvalue weighted by Gasteiger charge is 2.08. The molecule has 0 radical (unpaired) electrons. The van der Waals surface area contributed by atoms with Gasteiger partial charge in [-0.05, 0) is 6.08 Å². The Balaban J connectivity index is 0.00000116. The van der Waals surface area contributed by atoms with Crippen molar-refractivity contribution in [2.45, 2.75) is 13.8 Å². The van der Waals surface area contributed by atoms with Gasteiger partial charge in [0.25, 0.3) is 5.91 Å². The first-order valence-electron chi connectivity index (χ1n) is 6.78. The SMILES string of the molecule is C=C/C=C\C=C\c1ncc(C(=O)Nc2nccs2)cn1.CC. The maximum Gasteiger partial charge on any atom is 0.260 e. The van der Waals surface area contributed by atoms with Gasteiger partial charge in [0.1, 0.15) is 0 Å². The lowest BCUT2D eigenvalue weighted by molar-refractivity contribution is 0.102. The Bertz CT molecular complexity index is 631. The molecule has 0 aliphatic carbocycles. The highest BCUT2D eigenvalue weighted by atomic mass is 32.1. The van der Waals surface area contributed by atoms with Gasteiger partial charge in [-0.15, -0.1) is 11.3 Å². The van der Waals surface area contributed by atoms with Crippen molar-refractivity contribution < 1.29 is 4.79 Å². The summed E-state index contributed by atoms with van der Waals surface area (Å²) in [5.74, 6) is 0.256. The molecule has 0 saturated carbocycles. The molecule has 2 rings (SSSR count). The summed E-state index contributed by atoms with van der Waals surface area (Å²) in [5, 5.41) is 5.00. The van der Waals surface area contributed by atoms with Crippen molar-refractivity contribution in [2.24, 2.45) is 0 Å². The van der Waals surface area contributed by atoms with Gasteiger partial charge in [0.2, 0.25) is 0 Å². The maximum absolute atomic E-state index is 11.9. The van der Waals surface area contributed by atoms with Gasteiger partial charge < -0.3 is 0 Å². The van der Waals surface area contributed by atoms with Crippen molar-refractivity contribution in [3.63, 3.8) is 0 Å². The van der Waals surface area contributed by atoms with Gasteiger partial charge in [0.15, 0.2) is 11.0 Å². The van der Waals surface area contributed by atoms with Crippen LogP contribution in [0.5, 0.6) is 0 Å². The number of thiazole rings is 1. The van der Waals surface area contributed by atoms with Crippen molar-refractivity contribution in [3.05, 3.63) is 66.2 Å². The van der Waals surface area contributed by atoms with Gasteiger partial charge in [0.05, 0.1) is 5.56 Å². The minimum absolute atomic E-state index is 0.276. The zero-order valence-electron chi connectivity index (χ0n) is 12.6. The number of carbonyl (C=O) groups excluding carboxylic acids is 1. The lowest BCUT2D eigenvalue weighted by atomic mass is 10.3. The standard InChI is InChI=1S/C14H12N4OS.C2H6/c1-2-3-4-5-6-12-16-9-11(10-17-12)13(19)18-14-15-7-8-20-14;1-2/h2-10H,1H2,(H,15,18,19);1-2H3/b4-3-,6-5+;. The molecule has 0 saturated heterocycles. The monoisotopic (exact) mass is 314 g/mol. The summed E-state index contributed by atoms with van der Waals surface area (Å²) in [6, 6.07) is 0. The fourth-order valence-electron chi connectivity index (χ4n) is 1.28. The first-order chi connectivity index (χ1) is 10.8. The Labute approximate surface area is 134 Å². The van der Waals surface area contributed by atoms with Crippen LogP contribution in [0, 0.1) is 0 Å². The van der Waals surface area contributed by atoms with E-state index in [4.69, 9.17) is 0 Å². The number of allylic oxidation sites excluding steroid dienone is 4. The van der Waals surface area contributed by atoms with Crippen molar-refractivity contribution in [1.82, 2.24) is 15.0 Å². The number of carbonyl (C=O) groups is 1. The van der Waals surface area contributed by atoms with Gasteiger partial charge in [-0.2, -0.15) is 0 Å². The van der Waals surface area contributed by atoms with Crippen LogP contribution >= 0.6 is 11.3 Å². The molecule has 0 aromatic carbocycles. The first kappa shape index (κ1) is 17.5. The van der Waals surface area contributed by atoms with Crippen LogP contribution in [0.4, 0.5) is 5.13 Å². The Morgan fingerprint density at radius 2 is 1.91 bits per heavy atom. The van der Waals surface area contributed by atoms with Crippen molar-refractivity contribution in [3.8, 4) is 0 Å². The van der Waals surface area contributed by atoms with Gasteiger partial charge in [-0.25, -0.2) is 15.0 Å². The lowest BCUT2D eigenvalue weighted by Gasteiger charge is -2.00. The number of aromatic nitrogens is 3. The largest absolute Gasteiger partial charge is 0.298 e. The predicted molar refractivity (Wildman–Crippen MR) is 91.8 cm³/mol. The second kappa shape index (κ2) is 10.2. The normalized spacial score (nSPS) is 10.3. The molecule has 0 spiro atoms. The number of nitrogens with one attached hydrogen (secondary N) is 1. The molecule has 0 fully saturated rings. The van der Waals surface area contributed by atoms with Crippen LogP contribution in [0.1, 0.15) is 30.0 Å². The number of amides is 1. The summed E-state index contributed by atoms with van der Waals surface area (Å²) >= 11 is 1.35. The van der Waals surface area contributed by atoms with Gasteiger partial charge in [0, 0.05) is 24.0 Å². The van der Waals surface area contributed by atoms with E-state index in [1.54, 1.807) is 35.9 Å². The van der Waals surface area contributed by atoms with Crippen LogP contribution < -0.4 is 5.32 Å². The van der Waals surface area contributed by atoms with Gasteiger partial charge in [-0.1, -0.05) is 44.7 Å². The molecular formula is C16H18N4OS. The third kappa shape index (κ3) is 5.80. The molecule has 2 aromatic rings. The minimum Gasteiger partial charge on any atom is -0.298 e. The van der Waals surface area contributed by atoms with E-state index in [1.807, 2.05) is 19.9 Å². The average molecular weight is 314 g/mol. The summed E-state index contributed by atoms with van der Waals surface area (Å²) < 4.78 is 0. The second-order valence-corrected chi connectivity index (χ2v) is 4.50. The predicted octanol–water partition coefficient (Wildman–Crippen LogP) is 3.97. The highest BCUT2D eigenvalue weighted by molar-refractivity contribution is 7.13. The molecule has 2 heterocycles. The van der Waals surface area contributed by atoms with E-state index in [1.165, 1.54) is 23.7 Å². The average Bonchev–Trinajstić information content (AvgIpc) is 3.07. The van der Waals surface area contributed by atoms with Crippen molar-refractivity contribution >= 4 is 28.5 Å². The first-order valence-corrected chi connectivity index (χ1v) is 7.66. The molecule has 114 valence electrons. The molecule has 0 atom stereocenters. The van der Waals surface area contributed by atoms with Gasteiger partial charge in [-0.3, -0.25) is 10.1 Å². The smallest absolute Gasteiger partial charge is 0.260 e. The van der Waals surface area contributed by atoms with Gasteiger partial charge >= 0.3 is 0 Å². The Kier molecular flexibility index (Phi) is 8.07. The summed E-state index contributed by atoms with van der Waals surface area (Å²) in [7, 11) is 0. The summed E-state index contributed by atoms with van der Waals surface area (Å²) in [6.45, 7) is 7.57. The Morgan fingerprint density at radius 1 is 1.18 bits per heavy atom. The van der Waals surface area contributed by atoms with Crippen LogP contribution in [0.15, 0.2) is 54.9 Å².